The molecule has 14 aromatic carbocycles. The first-order valence-corrected chi connectivity index (χ1v) is 33.7. The maximum absolute atomic E-state index is 6.26. The van der Waals surface area contributed by atoms with Crippen LogP contribution in [0.2, 0.25) is 0 Å². The SMILES string of the molecule is c1ccc(-c2ccc(-c3nc(-c4ccccc4)nc(-c4ccc(-c5ccc6c(ccc7oc8nc9ccccc9nc8c76)c5)cc4)n3)cc2)cc1.c1ccc(-c2ccc(-c3nc(-c4ccccc4)nc(-c4ccc(-c5ccc6nc7ccc8c9ccccc9oc8c7nc6c5)cc4)n3)cc2)cc1. The van der Waals surface area contributed by atoms with E-state index in [1.165, 1.54) is 11.1 Å². The molecule has 0 bridgehead atoms. The van der Waals surface area contributed by atoms with E-state index in [4.69, 9.17) is 58.7 Å². The third-order valence-electron chi connectivity index (χ3n) is 18.7. The van der Waals surface area contributed by atoms with Crippen molar-refractivity contribution in [3.63, 3.8) is 0 Å². The number of aromatic nitrogens is 10. The van der Waals surface area contributed by atoms with Crippen LogP contribution in [0.4, 0.5) is 0 Å². The standard InChI is InChI=1S/2C45H27N5O/c1-3-9-28(10-4-1)29-15-19-32(20-16-29)43-48-42(31-11-5-2-6-12-31)49-44(50-43)33-21-17-30(18-22-33)34-23-25-36-35(27-34)24-26-39-40(36)41-45(51-39)47-38-14-8-7-13-37(38)46-41;1-3-9-28(10-4-1)29-15-19-32(20-16-29)44-48-43(31-11-5-2-6-12-31)49-45(50-44)33-21-17-30(18-22-33)34-23-25-37-39(27-34)47-41-38(46-37)26-24-36-35-13-7-8-14-40(35)51-42(36)41/h2*1-27H. The van der Waals surface area contributed by atoms with Gasteiger partial charge in [-0.05, 0) is 110 Å². The van der Waals surface area contributed by atoms with Crippen molar-refractivity contribution in [2.24, 2.45) is 0 Å². The van der Waals surface area contributed by atoms with Gasteiger partial charge in [0.2, 0.25) is 5.71 Å². The summed E-state index contributed by atoms with van der Waals surface area (Å²) in [6, 6.07) is 111. The smallest absolute Gasteiger partial charge is 0.246 e. The molecular weight excluding hydrogens is 1250 g/mol. The molecule has 20 aromatic rings. The molecule has 0 unspecified atom stereocenters. The van der Waals surface area contributed by atoms with Gasteiger partial charge in [-0.1, -0.05) is 273 Å². The summed E-state index contributed by atoms with van der Waals surface area (Å²) >= 11 is 0. The molecular formula is C90H54N10O2. The summed E-state index contributed by atoms with van der Waals surface area (Å²) in [5.41, 5.74) is 23.1. The molecule has 0 atom stereocenters. The van der Waals surface area contributed by atoms with Gasteiger partial charge in [-0.2, -0.15) is 0 Å². The van der Waals surface area contributed by atoms with E-state index in [1.807, 2.05) is 146 Å². The Balaban J connectivity index is 0.000000141. The van der Waals surface area contributed by atoms with Gasteiger partial charge in [0.15, 0.2) is 40.5 Å². The van der Waals surface area contributed by atoms with Crippen molar-refractivity contribution in [3.8, 4) is 113 Å². The average molecular weight is 1310 g/mol. The Bertz CT molecular complexity index is 6580. The second-order valence-electron chi connectivity index (χ2n) is 25.1. The Morgan fingerprint density at radius 2 is 0.549 bits per heavy atom. The fourth-order valence-corrected chi connectivity index (χ4v) is 13.4. The average Bonchev–Trinajstić information content (AvgIpc) is 1.62. The molecule has 102 heavy (non-hydrogen) atoms. The quantitative estimate of drug-likeness (QED) is 0.120. The number of benzene rings is 14. The van der Waals surface area contributed by atoms with Gasteiger partial charge in [0, 0.05) is 44.2 Å². The van der Waals surface area contributed by atoms with Crippen LogP contribution in [0.1, 0.15) is 0 Å². The van der Waals surface area contributed by atoms with Crippen LogP contribution in [-0.4, -0.2) is 49.8 Å². The molecule has 20 rings (SSSR count). The second-order valence-corrected chi connectivity index (χ2v) is 25.1. The number of furan rings is 2. The van der Waals surface area contributed by atoms with Crippen molar-refractivity contribution >= 4 is 88.0 Å². The molecule has 476 valence electrons. The van der Waals surface area contributed by atoms with Crippen LogP contribution in [0.3, 0.4) is 0 Å². The summed E-state index contributed by atoms with van der Waals surface area (Å²) < 4.78 is 12.4. The topological polar surface area (TPSA) is 155 Å². The minimum Gasteiger partial charge on any atom is -0.454 e. The van der Waals surface area contributed by atoms with Gasteiger partial charge in [-0.25, -0.2) is 49.8 Å². The summed E-state index contributed by atoms with van der Waals surface area (Å²) in [4.78, 5) is 49.3. The first kappa shape index (κ1) is 59.2. The van der Waals surface area contributed by atoms with Crippen LogP contribution < -0.4 is 0 Å². The van der Waals surface area contributed by atoms with Crippen molar-refractivity contribution in [1.29, 1.82) is 0 Å². The van der Waals surface area contributed by atoms with Gasteiger partial charge in [0.25, 0.3) is 0 Å². The second kappa shape index (κ2) is 25.1. The highest BCUT2D eigenvalue weighted by Gasteiger charge is 2.20. The predicted molar refractivity (Wildman–Crippen MR) is 410 cm³/mol. The first-order valence-electron chi connectivity index (χ1n) is 33.7. The van der Waals surface area contributed by atoms with Crippen molar-refractivity contribution in [2.75, 3.05) is 0 Å². The lowest BCUT2D eigenvalue weighted by molar-refractivity contribution is 0.655. The molecule has 0 amide bonds. The van der Waals surface area contributed by atoms with Crippen LogP contribution in [0.25, 0.3) is 201 Å². The fraction of sp³-hybridized carbons (Fsp3) is 0. The molecule has 0 N–H and O–H groups in total. The van der Waals surface area contributed by atoms with Crippen molar-refractivity contribution in [2.45, 2.75) is 0 Å². The van der Waals surface area contributed by atoms with E-state index in [0.29, 0.717) is 40.7 Å². The van der Waals surface area contributed by atoms with Gasteiger partial charge in [-0.15, -0.1) is 0 Å². The number of rotatable bonds is 10. The zero-order valence-corrected chi connectivity index (χ0v) is 54.5. The van der Waals surface area contributed by atoms with E-state index in [0.717, 1.165) is 149 Å². The molecule has 12 nitrogen and oxygen atoms in total. The lowest BCUT2D eigenvalue weighted by atomic mass is 9.98. The molecule has 6 heterocycles. The normalized spacial score (nSPS) is 11.5. The van der Waals surface area contributed by atoms with E-state index in [9.17, 15) is 0 Å². The van der Waals surface area contributed by atoms with Crippen molar-refractivity contribution in [3.05, 3.63) is 328 Å². The molecule has 0 aliphatic carbocycles. The molecule has 0 aliphatic heterocycles. The molecule has 0 fully saturated rings. The summed E-state index contributed by atoms with van der Waals surface area (Å²) in [6.45, 7) is 0. The van der Waals surface area contributed by atoms with Crippen LogP contribution in [-0.2, 0) is 0 Å². The Labute approximate surface area is 583 Å². The number of hydrogen-bond donors (Lipinski definition) is 0. The number of fused-ring (bicyclic) bond motifs is 12. The summed E-state index contributed by atoms with van der Waals surface area (Å²) in [5, 5.41) is 5.29. The lowest BCUT2D eigenvalue weighted by Gasteiger charge is -2.10. The molecule has 0 aliphatic rings. The van der Waals surface area contributed by atoms with E-state index < -0.39 is 0 Å². The van der Waals surface area contributed by atoms with Gasteiger partial charge in [-0.3, -0.25) is 0 Å². The van der Waals surface area contributed by atoms with E-state index in [2.05, 4.69) is 182 Å². The fourth-order valence-electron chi connectivity index (χ4n) is 13.4. The summed E-state index contributed by atoms with van der Waals surface area (Å²) in [6.07, 6.45) is 0. The summed E-state index contributed by atoms with van der Waals surface area (Å²) in [5.74, 6) is 3.76. The maximum Gasteiger partial charge on any atom is 0.246 e. The highest BCUT2D eigenvalue weighted by molar-refractivity contribution is 6.18. The van der Waals surface area contributed by atoms with Crippen LogP contribution in [0, 0.1) is 0 Å². The Hall–Kier alpha value is -14.1. The third kappa shape index (κ3) is 11.1. The van der Waals surface area contributed by atoms with Gasteiger partial charge >= 0.3 is 0 Å². The number of hydrogen-bond acceptors (Lipinski definition) is 12. The monoisotopic (exact) mass is 1310 g/mol. The highest BCUT2D eigenvalue weighted by Crippen LogP contribution is 2.39. The van der Waals surface area contributed by atoms with E-state index in [1.54, 1.807) is 0 Å². The van der Waals surface area contributed by atoms with Crippen LogP contribution >= 0.6 is 0 Å². The lowest BCUT2D eigenvalue weighted by Crippen LogP contribution is -2.00. The molecule has 0 saturated heterocycles. The van der Waals surface area contributed by atoms with Crippen molar-refractivity contribution in [1.82, 2.24) is 49.8 Å². The van der Waals surface area contributed by atoms with E-state index >= 15 is 0 Å². The molecule has 6 aromatic heterocycles. The minimum atomic E-state index is 0.553. The molecule has 0 spiro atoms. The minimum absolute atomic E-state index is 0.553. The zero-order chi connectivity index (χ0) is 67.5. The first-order chi connectivity index (χ1) is 50.5. The van der Waals surface area contributed by atoms with Crippen molar-refractivity contribution < 1.29 is 8.83 Å². The Morgan fingerprint density at radius 3 is 1.07 bits per heavy atom. The largest absolute Gasteiger partial charge is 0.454 e. The molecule has 12 heteroatoms. The third-order valence-corrected chi connectivity index (χ3v) is 18.7. The van der Waals surface area contributed by atoms with Crippen LogP contribution in [0.15, 0.2) is 336 Å². The maximum atomic E-state index is 6.26. The predicted octanol–water partition coefficient (Wildman–Crippen LogP) is 22.4. The van der Waals surface area contributed by atoms with E-state index in [-0.39, 0.29) is 0 Å². The Kier molecular flexibility index (Phi) is 14.6. The van der Waals surface area contributed by atoms with Crippen LogP contribution in [0.5, 0.6) is 0 Å². The van der Waals surface area contributed by atoms with Gasteiger partial charge in [0.05, 0.1) is 33.0 Å². The van der Waals surface area contributed by atoms with Gasteiger partial charge in [0.1, 0.15) is 22.2 Å². The summed E-state index contributed by atoms with van der Waals surface area (Å²) in [7, 11) is 0. The number of nitrogens with zero attached hydrogens (tertiary/aromatic N) is 10. The van der Waals surface area contributed by atoms with Gasteiger partial charge < -0.3 is 8.83 Å². The highest BCUT2D eigenvalue weighted by atomic mass is 16.3. The molecule has 0 radical (unpaired) electrons. The Morgan fingerprint density at radius 1 is 0.186 bits per heavy atom. The zero-order valence-electron chi connectivity index (χ0n) is 54.5. The molecule has 0 saturated carbocycles. The number of para-hydroxylation sites is 3.